The van der Waals surface area contributed by atoms with E-state index < -0.39 is 181 Å². The van der Waals surface area contributed by atoms with E-state index in [2.05, 4.69) is 0 Å². The van der Waals surface area contributed by atoms with Crippen LogP contribution in [0, 0.1) is 0 Å². The first-order valence-corrected chi connectivity index (χ1v) is 15.6. The first-order chi connectivity index (χ1) is 33.6. The van der Waals surface area contributed by atoms with Gasteiger partial charge in [-0.2, -0.15) is 0 Å². The molecule has 0 saturated carbocycles. The summed E-state index contributed by atoms with van der Waals surface area (Å²) in [7, 11) is 0. The Morgan fingerprint density at radius 3 is 1.82 bits per heavy atom. The largest absolute Gasteiger partial charge is 0.0636 e. The van der Waals surface area contributed by atoms with Crippen LogP contribution in [0.15, 0.2) is 194 Å². The van der Waals surface area contributed by atoms with Crippen LogP contribution < -0.4 is 0 Å². The second kappa shape index (κ2) is 11.6. The van der Waals surface area contributed by atoms with Crippen LogP contribution in [0.5, 0.6) is 0 Å². The highest BCUT2D eigenvalue weighted by atomic mass is 14.2. The Labute approximate surface area is 321 Å². The average Bonchev–Trinajstić information content (AvgIpc) is 3.36. The van der Waals surface area contributed by atoms with Crippen LogP contribution in [0.1, 0.15) is 28.8 Å². The maximum atomic E-state index is 10.3. The topological polar surface area (TPSA) is 0 Å². The summed E-state index contributed by atoms with van der Waals surface area (Å²) < 4.78 is 192. The van der Waals surface area contributed by atoms with Crippen molar-refractivity contribution in [2.45, 2.75) is 0 Å². The fraction of sp³-hybridized carbons (Fsp3) is 0. The van der Waals surface area contributed by atoms with Crippen molar-refractivity contribution in [1.82, 2.24) is 0 Å². The Morgan fingerprint density at radius 2 is 0.940 bits per heavy atom. The number of rotatable bonds is 4. The van der Waals surface area contributed by atoms with Crippen molar-refractivity contribution in [2.75, 3.05) is 0 Å². The van der Waals surface area contributed by atoms with E-state index in [-0.39, 0.29) is 21.9 Å². The summed E-state index contributed by atoms with van der Waals surface area (Å²) in [6.07, 6.45) is 0. The Balaban J connectivity index is 1.53. The Morgan fingerprint density at radius 1 is 0.300 bits per heavy atom. The molecule has 0 heterocycles. The van der Waals surface area contributed by atoms with Gasteiger partial charge in [-0.25, -0.2) is 0 Å². The lowest BCUT2D eigenvalue weighted by Crippen LogP contribution is -1.92. The number of hydrogen-bond acceptors (Lipinski definition) is 0. The van der Waals surface area contributed by atoms with Gasteiger partial charge in [0.15, 0.2) is 0 Å². The van der Waals surface area contributed by atoms with Gasteiger partial charge in [-0.3, -0.25) is 0 Å². The van der Waals surface area contributed by atoms with E-state index in [4.69, 9.17) is 16.4 Å². The lowest BCUT2D eigenvalue weighted by atomic mass is 9.83. The van der Waals surface area contributed by atoms with Gasteiger partial charge in [0.2, 0.25) is 0 Å². The monoisotopic (exact) mass is 653 g/mol. The zero-order valence-electron chi connectivity index (χ0n) is 46.9. The molecule has 0 aromatic heterocycles. The van der Waals surface area contributed by atoms with Gasteiger partial charge in [0.05, 0.1) is 28.8 Å². The highest BCUT2D eigenvalue weighted by molar-refractivity contribution is 6.22. The molecule has 0 saturated heterocycles. The molecule has 0 aliphatic rings. The highest BCUT2D eigenvalue weighted by Crippen LogP contribution is 2.46. The first-order valence-electron chi connectivity index (χ1n) is 26.1. The van der Waals surface area contributed by atoms with Crippen LogP contribution in [0.25, 0.3) is 98.4 Å². The number of fused-ring (bicyclic) bond motifs is 5. The van der Waals surface area contributed by atoms with Crippen LogP contribution in [0.3, 0.4) is 0 Å². The zero-order chi connectivity index (χ0) is 51.3. The van der Waals surface area contributed by atoms with Crippen molar-refractivity contribution in [2.24, 2.45) is 0 Å². The lowest BCUT2D eigenvalue weighted by Gasteiger charge is -2.20. The SMILES string of the molecule is [2H]c1c([2H])c([2H])c2c([2H])c(-c3c4c([2H])c([2H])c([2H])c([2H])c4c(-c4cccc(-c5cccc6ccccc56)c4)c4c([2H])c([2H])c(-c5c([2H])c([2H])c([2H])c6c([2H])c([2H])c([2H])c([2H])c56)c([2H])c34)c([2H])c([2H])c2c1[2H]. The van der Waals surface area contributed by atoms with Crippen molar-refractivity contribution >= 4 is 53.9 Å². The summed E-state index contributed by atoms with van der Waals surface area (Å²) in [6, 6.07) is 3.30. The van der Waals surface area contributed by atoms with E-state index in [1.807, 2.05) is 42.5 Å². The third kappa shape index (κ3) is 4.61. The summed E-state index contributed by atoms with van der Waals surface area (Å²) in [5.41, 5.74) is -1.05. The molecule has 10 aromatic carbocycles. The predicted molar refractivity (Wildman–Crippen MR) is 216 cm³/mol. The maximum absolute atomic E-state index is 10.3. The molecule has 0 radical (unpaired) electrons. The minimum atomic E-state index is -0.872. The van der Waals surface area contributed by atoms with Gasteiger partial charge < -0.3 is 0 Å². The summed E-state index contributed by atoms with van der Waals surface area (Å²) >= 11 is 0. The van der Waals surface area contributed by atoms with Gasteiger partial charge >= 0.3 is 0 Å². The molecule has 0 nitrogen and oxygen atoms in total. The smallest absolute Gasteiger partial charge is 0.0616 e. The molecular weight excluding hydrogens is 601 g/mol. The minimum Gasteiger partial charge on any atom is -0.0616 e. The number of benzene rings is 10. The van der Waals surface area contributed by atoms with E-state index in [0.717, 1.165) is 16.3 Å². The molecular formula is C50H32. The number of hydrogen-bond donors (Lipinski definition) is 0. The molecule has 0 bridgehead atoms. The van der Waals surface area contributed by atoms with Gasteiger partial charge in [-0.15, -0.1) is 0 Å². The van der Waals surface area contributed by atoms with Crippen LogP contribution in [0.4, 0.5) is 0 Å². The fourth-order valence-electron chi connectivity index (χ4n) is 6.61. The van der Waals surface area contributed by atoms with Crippen molar-refractivity contribution in [3.63, 3.8) is 0 Å². The fourth-order valence-corrected chi connectivity index (χ4v) is 6.61. The van der Waals surface area contributed by atoms with Crippen LogP contribution in [0.2, 0.25) is 0 Å². The summed E-state index contributed by atoms with van der Waals surface area (Å²) in [4.78, 5) is 0. The van der Waals surface area contributed by atoms with Crippen LogP contribution in [-0.2, 0) is 0 Å². The summed E-state index contributed by atoms with van der Waals surface area (Å²) in [6.45, 7) is 0. The van der Waals surface area contributed by atoms with Gasteiger partial charge in [-0.1, -0.05) is 175 Å². The van der Waals surface area contributed by atoms with Gasteiger partial charge in [0, 0.05) is 0 Å². The van der Waals surface area contributed by atoms with E-state index in [0.29, 0.717) is 5.56 Å². The quantitative estimate of drug-likeness (QED) is 0.166. The third-order valence-electron chi connectivity index (χ3n) is 8.81. The van der Waals surface area contributed by atoms with Crippen molar-refractivity contribution in [3.8, 4) is 44.5 Å². The second-order valence-corrected chi connectivity index (χ2v) is 11.6. The lowest BCUT2D eigenvalue weighted by molar-refractivity contribution is 1.63. The molecule has 0 atom stereocenters. The zero-order valence-corrected chi connectivity index (χ0v) is 25.9. The van der Waals surface area contributed by atoms with Crippen molar-refractivity contribution in [1.29, 1.82) is 0 Å². The van der Waals surface area contributed by atoms with E-state index in [1.54, 1.807) is 24.3 Å². The van der Waals surface area contributed by atoms with E-state index >= 15 is 0 Å². The van der Waals surface area contributed by atoms with Crippen molar-refractivity contribution < 1.29 is 28.8 Å². The third-order valence-corrected chi connectivity index (χ3v) is 8.81. The molecule has 0 heteroatoms. The standard InChI is InChI=1S/C50H32/c1-2-15-36-30-40(27-26-33(36)12-1)50-46-23-8-7-22-45(46)49(39-19-9-18-37(31-39)43-24-10-16-34-13-3-5-20-41(34)43)47-29-28-38(32-48(47)50)44-25-11-17-35-14-4-6-21-42(35)44/h1-32H/i1D,2D,4D,6D,7D,8D,11D,12D,14D,15D,17D,21D,22D,23D,25D,26D,27D,28D,29D,30D,32D. The molecule has 0 fully saturated rings. The van der Waals surface area contributed by atoms with E-state index in [1.165, 1.54) is 0 Å². The minimum absolute atomic E-state index is 0.112. The normalized spacial score (nSPS) is 17.5. The van der Waals surface area contributed by atoms with Gasteiger partial charge in [-0.05, 0) is 117 Å². The molecule has 10 rings (SSSR count). The molecule has 0 N–H and O–H groups in total. The Kier molecular flexibility index (Phi) is 3.37. The highest BCUT2D eigenvalue weighted by Gasteiger charge is 2.19. The maximum Gasteiger partial charge on any atom is 0.0636 e. The Bertz CT molecular complexity index is 4110. The molecule has 0 aliphatic carbocycles. The molecule has 10 aromatic rings. The molecule has 0 aliphatic heterocycles. The molecule has 0 spiro atoms. The first kappa shape index (κ1) is 14.5. The molecule has 50 heavy (non-hydrogen) atoms. The Hall–Kier alpha value is -6.50. The van der Waals surface area contributed by atoms with Gasteiger partial charge in [0.25, 0.3) is 0 Å². The molecule has 0 unspecified atom stereocenters. The van der Waals surface area contributed by atoms with Gasteiger partial charge in [0.1, 0.15) is 0 Å². The van der Waals surface area contributed by atoms with Crippen molar-refractivity contribution in [3.05, 3.63) is 194 Å². The molecule has 232 valence electrons. The van der Waals surface area contributed by atoms with Crippen LogP contribution >= 0.6 is 0 Å². The molecule has 0 amide bonds. The summed E-state index contributed by atoms with van der Waals surface area (Å²) in [5, 5.41) is -1.98. The second-order valence-electron chi connectivity index (χ2n) is 11.6. The van der Waals surface area contributed by atoms with E-state index in [9.17, 15) is 12.3 Å². The predicted octanol–water partition coefficient (Wildman–Crippen LogP) is 14.1. The average molecular weight is 654 g/mol. The summed E-state index contributed by atoms with van der Waals surface area (Å²) in [5.74, 6) is 0. The van der Waals surface area contributed by atoms with Crippen LogP contribution in [-0.4, -0.2) is 0 Å².